The highest BCUT2D eigenvalue weighted by molar-refractivity contribution is 6.17. The monoisotopic (exact) mass is 491 g/mol. The summed E-state index contributed by atoms with van der Waals surface area (Å²) in [5, 5.41) is 10.3. The molecule has 1 heterocycles. The van der Waals surface area contributed by atoms with Crippen LogP contribution in [0, 0.1) is 6.92 Å². The van der Waals surface area contributed by atoms with E-state index < -0.39 is 6.10 Å². The molecule has 0 aromatic heterocycles. The molecule has 6 heteroatoms. The molecule has 1 atom stereocenters. The van der Waals surface area contributed by atoms with Gasteiger partial charge in [-0.05, 0) is 48.2 Å². The lowest BCUT2D eigenvalue weighted by molar-refractivity contribution is 0.00465. The number of aliphatic hydroxyl groups excluding tert-OH is 1. The number of halogens is 1. The second-order valence-electron chi connectivity index (χ2n) is 8.90. The van der Waals surface area contributed by atoms with Crippen molar-refractivity contribution < 1.29 is 19.3 Å². The van der Waals surface area contributed by atoms with Crippen LogP contribution in [0.5, 0.6) is 11.5 Å². The van der Waals surface area contributed by atoms with Crippen molar-refractivity contribution in [2.75, 3.05) is 51.9 Å². The third-order valence-corrected chi connectivity index (χ3v) is 6.29. The second kappa shape index (κ2) is 14.6. The van der Waals surface area contributed by atoms with Crippen molar-refractivity contribution in [1.82, 2.24) is 4.90 Å². The molecule has 190 valence electrons. The van der Waals surface area contributed by atoms with Gasteiger partial charge in [0, 0.05) is 30.9 Å². The van der Waals surface area contributed by atoms with Gasteiger partial charge in [-0.25, -0.2) is 0 Å². The van der Waals surface area contributed by atoms with Crippen molar-refractivity contribution in [3.05, 3.63) is 59.2 Å². The highest BCUT2D eigenvalue weighted by Crippen LogP contribution is 2.34. The average Bonchev–Trinajstić information content (AvgIpc) is 2.86. The first kappa shape index (κ1) is 28.4. The number of morpholine rings is 1. The molecular formula is C28H42ClNO4. The van der Waals surface area contributed by atoms with Crippen LogP contribution in [-0.2, 0) is 10.2 Å². The van der Waals surface area contributed by atoms with Crippen LogP contribution in [0.2, 0.25) is 0 Å². The van der Waals surface area contributed by atoms with Gasteiger partial charge < -0.3 is 19.3 Å². The van der Waals surface area contributed by atoms with E-state index in [1.54, 1.807) is 0 Å². The Bertz CT molecular complexity index is 835. The maximum atomic E-state index is 10.3. The third-order valence-electron chi connectivity index (χ3n) is 6.02. The van der Waals surface area contributed by atoms with Gasteiger partial charge in [-0.15, -0.1) is 11.6 Å². The van der Waals surface area contributed by atoms with Gasteiger partial charge in [-0.1, -0.05) is 52.0 Å². The van der Waals surface area contributed by atoms with Crippen LogP contribution in [0.25, 0.3) is 0 Å². The Morgan fingerprint density at radius 2 is 1.68 bits per heavy atom. The molecule has 5 nitrogen and oxygen atoms in total. The Hall–Kier alpha value is -1.79. The van der Waals surface area contributed by atoms with Crippen LogP contribution in [0.15, 0.2) is 42.5 Å². The lowest BCUT2D eigenvalue weighted by Crippen LogP contribution is -2.42. The van der Waals surface area contributed by atoms with Gasteiger partial charge in [0.15, 0.2) is 0 Å². The number of β-amino-alcohol motifs (C(OH)–C–C–N with tert-alkyl or cyclic N) is 1. The summed E-state index contributed by atoms with van der Waals surface area (Å²) < 4.78 is 17.0. The Morgan fingerprint density at radius 1 is 1.03 bits per heavy atom. The lowest BCUT2D eigenvalue weighted by atomic mass is 9.77. The predicted molar refractivity (Wildman–Crippen MR) is 141 cm³/mol. The van der Waals surface area contributed by atoms with Crippen molar-refractivity contribution in [1.29, 1.82) is 0 Å². The summed E-state index contributed by atoms with van der Waals surface area (Å²) in [5.74, 6) is 2.29. The molecule has 0 aliphatic carbocycles. The summed E-state index contributed by atoms with van der Waals surface area (Å²) >= 11 is 5.74. The number of benzene rings is 2. The number of aliphatic hydroxyl groups is 1. The third kappa shape index (κ3) is 8.46. The summed E-state index contributed by atoms with van der Waals surface area (Å²) in [7, 11) is 0. The predicted octanol–water partition coefficient (Wildman–Crippen LogP) is 5.43. The minimum Gasteiger partial charge on any atom is -0.493 e. The van der Waals surface area contributed by atoms with E-state index in [1.807, 2.05) is 32.0 Å². The van der Waals surface area contributed by atoms with Crippen molar-refractivity contribution in [2.24, 2.45) is 0 Å². The molecule has 1 aliphatic heterocycles. The molecule has 34 heavy (non-hydrogen) atoms. The van der Waals surface area contributed by atoms with E-state index in [0.717, 1.165) is 49.8 Å². The number of hydrogen-bond acceptors (Lipinski definition) is 5. The van der Waals surface area contributed by atoms with E-state index in [1.165, 1.54) is 11.1 Å². The van der Waals surface area contributed by atoms with Gasteiger partial charge in [-0.2, -0.15) is 0 Å². The Labute approximate surface area is 211 Å². The summed E-state index contributed by atoms with van der Waals surface area (Å²) in [6, 6.07) is 14.5. The van der Waals surface area contributed by atoms with Gasteiger partial charge in [-0.3, -0.25) is 4.90 Å². The fourth-order valence-electron chi connectivity index (χ4n) is 3.90. The summed E-state index contributed by atoms with van der Waals surface area (Å²) in [6.45, 7) is 15.2. The Balaban J connectivity index is 0.00000199. The van der Waals surface area contributed by atoms with Gasteiger partial charge in [0.1, 0.15) is 24.2 Å². The minimum absolute atomic E-state index is 0.159. The number of ether oxygens (including phenoxy) is 3. The van der Waals surface area contributed by atoms with Crippen LogP contribution < -0.4 is 9.47 Å². The van der Waals surface area contributed by atoms with Crippen LogP contribution >= 0.6 is 11.6 Å². The van der Waals surface area contributed by atoms with Gasteiger partial charge in [0.25, 0.3) is 0 Å². The Morgan fingerprint density at radius 3 is 2.29 bits per heavy atom. The SMILES string of the molecule is CC.Cc1cc(C(C)(C)c2ccc(OCC(O)CN3CCOCC3)cc2)ccc1OCCCCl. The zero-order chi connectivity index (χ0) is 25.0. The maximum absolute atomic E-state index is 10.3. The molecule has 0 saturated carbocycles. The molecule has 0 spiro atoms. The number of nitrogens with zero attached hydrogens (tertiary/aromatic N) is 1. The van der Waals surface area contributed by atoms with Crippen LogP contribution in [0.4, 0.5) is 0 Å². The topological polar surface area (TPSA) is 51.2 Å². The molecular weight excluding hydrogens is 450 g/mol. The first-order valence-corrected chi connectivity index (χ1v) is 12.9. The molecule has 2 aromatic carbocycles. The van der Waals surface area contributed by atoms with E-state index in [0.29, 0.717) is 19.0 Å². The molecule has 1 saturated heterocycles. The number of alkyl halides is 1. The molecule has 0 amide bonds. The number of rotatable bonds is 11. The first-order chi connectivity index (χ1) is 16.4. The molecule has 1 N–H and O–H groups in total. The average molecular weight is 492 g/mol. The molecule has 2 aromatic rings. The summed E-state index contributed by atoms with van der Waals surface area (Å²) in [5.41, 5.74) is 3.40. The zero-order valence-electron chi connectivity index (χ0n) is 21.5. The summed E-state index contributed by atoms with van der Waals surface area (Å²) in [6.07, 6.45) is 0.324. The number of aryl methyl sites for hydroxylation is 1. The van der Waals surface area contributed by atoms with Gasteiger partial charge >= 0.3 is 0 Å². The molecule has 1 fully saturated rings. The smallest absolute Gasteiger partial charge is 0.122 e. The molecule has 3 rings (SSSR count). The molecule has 1 unspecified atom stereocenters. The van der Waals surface area contributed by atoms with E-state index in [2.05, 4.69) is 49.9 Å². The lowest BCUT2D eigenvalue weighted by Gasteiger charge is -2.28. The maximum Gasteiger partial charge on any atom is 0.122 e. The van der Waals surface area contributed by atoms with Crippen LogP contribution in [0.1, 0.15) is 50.8 Å². The fourth-order valence-corrected chi connectivity index (χ4v) is 4.01. The van der Waals surface area contributed by atoms with Crippen LogP contribution in [0.3, 0.4) is 0 Å². The quantitative estimate of drug-likeness (QED) is 0.335. The van der Waals surface area contributed by atoms with E-state index in [-0.39, 0.29) is 12.0 Å². The molecule has 1 aliphatic rings. The van der Waals surface area contributed by atoms with Crippen molar-refractivity contribution >= 4 is 11.6 Å². The molecule has 0 radical (unpaired) electrons. The van der Waals surface area contributed by atoms with Gasteiger partial charge in [0.05, 0.1) is 19.8 Å². The second-order valence-corrected chi connectivity index (χ2v) is 9.28. The standard InChI is InChI=1S/C26H36ClNO4.C2H6/c1-20-17-22(7-10-25(20)31-14-4-11-27)26(2,3)21-5-8-24(9-6-21)32-19-23(29)18-28-12-15-30-16-13-28;1-2/h5-10,17,23,29H,4,11-16,18-19H2,1-3H3;1-2H3. The van der Waals surface area contributed by atoms with Crippen LogP contribution in [-0.4, -0.2) is 68.1 Å². The van der Waals surface area contributed by atoms with Crippen molar-refractivity contribution in [3.63, 3.8) is 0 Å². The van der Waals surface area contributed by atoms with Crippen molar-refractivity contribution in [3.8, 4) is 11.5 Å². The highest BCUT2D eigenvalue weighted by Gasteiger charge is 2.24. The Kier molecular flexibility index (Phi) is 12.2. The summed E-state index contributed by atoms with van der Waals surface area (Å²) in [4.78, 5) is 2.21. The van der Waals surface area contributed by atoms with Crippen molar-refractivity contribution in [2.45, 2.75) is 52.6 Å². The van der Waals surface area contributed by atoms with E-state index in [9.17, 15) is 5.11 Å². The largest absolute Gasteiger partial charge is 0.493 e. The minimum atomic E-state index is -0.516. The highest BCUT2D eigenvalue weighted by atomic mass is 35.5. The van der Waals surface area contributed by atoms with E-state index >= 15 is 0 Å². The normalized spacial score (nSPS) is 15.3. The first-order valence-electron chi connectivity index (χ1n) is 12.4. The van der Waals surface area contributed by atoms with Gasteiger partial charge in [0.2, 0.25) is 0 Å². The fraction of sp³-hybridized carbons (Fsp3) is 0.571. The van der Waals surface area contributed by atoms with E-state index in [4.69, 9.17) is 25.8 Å². The molecule has 0 bridgehead atoms. The zero-order valence-corrected chi connectivity index (χ0v) is 22.2. The number of hydrogen-bond donors (Lipinski definition) is 1.